The summed E-state index contributed by atoms with van der Waals surface area (Å²) in [6.07, 6.45) is 0. The van der Waals surface area contributed by atoms with Crippen molar-refractivity contribution in [1.82, 2.24) is 4.90 Å². The summed E-state index contributed by atoms with van der Waals surface area (Å²) in [4.78, 5) is 2.38. The molecule has 0 aliphatic heterocycles. The molecule has 0 amide bonds. The van der Waals surface area contributed by atoms with E-state index in [2.05, 4.69) is 46.7 Å². The van der Waals surface area contributed by atoms with Crippen molar-refractivity contribution in [2.75, 3.05) is 12.4 Å². The van der Waals surface area contributed by atoms with Gasteiger partial charge in [0.25, 0.3) is 0 Å². The summed E-state index contributed by atoms with van der Waals surface area (Å²) in [6.45, 7) is 2.67. The van der Waals surface area contributed by atoms with E-state index in [9.17, 15) is 0 Å². The summed E-state index contributed by atoms with van der Waals surface area (Å²) in [7, 11) is 0. The first-order valence-corrected chi connectivity index (χ1v) is 9.03. The van der Waals surface area contributed by atoms with Gasteiger partial charge in [-0.1, -0.05) is 41.9 Å². The lowest BCUT2D eigenvalue weighted by Crippen LogP contribution is -2.24. The number of halogens is 2. The molecule has 22 heavy (non-hydrogen) atoms. The van der Waals surface area contributed by atoms with Gasteiger partial charge in [0, 0.05) is 35.2 Å². The minimum absolute atomic E-state index is 0.635. The molecular weight excluding hydrogens is 333 g/mol. The van der Waals surface area contributed by atoms with E-state index in [1.54, 1.807) is 11.3 Å². The fourth-order valence-corrected chi connectivity index (χ4v) is 3.94. The van der Waals surface area contributed by atoms with Gasteiger partial charge in [-0.25, -0.2) is 0 Å². The van der Waals surface area contributed by atoms with Crippen LogP contribution in [0.3, 0.4) is 0 Å². The van der Waals surface area contributed by atoms with Gasteiger partial charge in [-0.2, -0.15) is 0 Å². The van der Waals surface area contributed by atoms with Crippen LogP contribution in [0.15, 0.2) is 53.9 Å². The first kappa shape index (κ1) is 15.8. The van der Waals surface area contributed by atoms with E-state index in [-0.39, 0.29) is 0 Å². The molecule has 0 saturated heterocycles. The van der Waals surface area contributed by atoms with Gasteiger partial charge < -0.3 is 0 Å². The lowest BCUT2D eigenvalue weighted by atomic mass is 10.1. The highest BCUT2D eigenvalue weighted by molar-refractivity contribution is 7.17. The minimum atomic E-state index is 0.635. The highest BCUT2D eigenvalue weighted by atomic mass is 35.5. The zero-order chi connectivity index (χ0) is 15.4. The van der Waals surface area contributed by atoms with Crippen LogP contribution in [0.2, 0.25) is 5.02 Å². The predicted molar refractivity (Wildman–Crippen MR) is 98.1 cm³/mol. The summed E-state index contributed by atoms with van der Waals surface area (Å²) in [6, 6.07) is 16.6. The largest absolute Gasteiger partial charge is 0.294 e. The first-order valence-electron chi connectivity index (χ1n) is 7.24. The van der Waals surface area contributed by atoms with Crippen molar-refractivity contribution in [3.05, 3.63) is 70.1 Å². The number of hydrogen-bond donors (Lipinski definition) is 0. The molecule has 0 fully saturated rings. The van der Waals surface area contributed by atoms with Crippen LogP contribution in [0, 0.1) is 0 Å². The summed E-state index contributed by atoms with van der Waals surface area (Å²) in [5.41, 5.74) is 2.63. The molecule has 0 bridgehead atoms. The van der Waals surface area contributed by atoms with Crippen molar-refractivity contribution in [3.8, 4) is 0 Å². The van der Waals surface area contributed by atoms with Crippen LogP contribution in [-0.4, -0.2) is 17.3 Å². The summed E-state index contributed by atoms with van der Waals surface area (Å²) < 4.78 is 1.28. The second-order valence-electron chi connectivity index (χ2n) is 5.29. The van der Waals surface area contributed by atoms with Crippen molar-refractivity contribution >= 4 is 44.6 Å². The normalized spacial score (nSPS) is 11.4. The van der Waals surface area contributed by atoms with Gasteiger partial charge >= 0.3 is 0 Å². The smallest absolute Gasteiger partial charge is 0.0413 e. The maximum atomic E-state index is 6.14. The number of alkyl halides is 1. The Morgan fingerprint density at radius 3 is 2.59 bits per heavy atom. The van der Waals surface area contributed by atoms with E-state index in [1.165, 1.54) is 21.2 Å². The first-order chi connectivity index (χ1) is 10.8. The van der Waals surface area contributed by atoms with E-state index in [4.69, 9.17) is 23.2 Å². The number of hydrogen-bond acceptors (Lipinski definition) is 2. The summed E-state index contributed by atoms with van der Waals surface area (Å²) in [5.74, 6) is 0.635. The molecule has 2 aromatic carbocycles. The van der Waals surface area contributed by atoms with Gasteiger partial charge in [-0.05, 0) is 40.1 Å². The van der Waals surface area contributed by atoms with Crippen LogP contribution >= 0.6 is 34.5 Å². The van der Waals surface area contributed by atoms with Crippen LogP contribution in [0.5, 0.6) is 0 Å². The van der Waals surface area contributed by atoms with Crippen LogP contribution in [-0.2, 0) is 13.1 Å². The highest BCUT2D eigenvalue weighted by Gasteiger charge is 2.11. The van der Waals surface area contributed by atoms with Crippen molar-refractivity contribution < 1.29 is 0 Å². The van der Waals surface area contributed by atoms with Crippen molar-refractivity contribution in [3.63, 3.8) is 0 Å². The summed E-state index contributed by atoms with van der Waals surface area (Å²) >= 11 is 13.9. The SMILES string of the molecule is ClCCN(Cc1ccccc1)Cc1csc2ccc(Cl)cc12. The van der Waals surface area contributed by atoms with Gasteiger partial charge in [0.15, 0.2) is 0 Å². The van der Waals surface area contributed by atoms with E-state index >= 15 is 0 Å². The average molecular weight is 350 g/mol. The number of fused-ring (bicyclic) bond motifs is 1. The molecule has 1 nitrogen and oxygen atoms in total. The van der Waals surface area contributed by atoms with E-state index in [0.717, 1.165) is 24.7 Å². The predicted octanol–water partition coefficient (Wildman–Crippen LogP) is 5.80. The summed E-state index contributed by atoms with van der Waals surface area (Å²) in [5, 5.41) is 4.27. The Bertz CT molecular complexity index is 739. The maximum absolute atomic E-state index is 6.14. The Balaban J connectivity index is 1.81. The molecule has 0 N–H and O–H groups in total. The zero-order valence-electron chi connectivity index (χ0n) is 12.1. The molecule has 0 aliphatic carbocycles. The Labute approximate surface area is 145 Å². The lowest BCUT2D eigenvalue weighted by molar-refractivity contribution is 0.274. The fraction of sp³-hybridized carbons (Fsp3) is 0.222. The van der Waals surface area contributed by atoms with Gasteiger partial charge in [0.2, 0.25) is 0 Å². The Morgan fingerprint density at radius 2 is 1.82 bits per heavy atom. The molecule has 114 valence electrons. The monoisotopic (exact) mass is 349 g/mol. The molecule has 0 radical (unpaired) electrons. The molecule has 0 aliphatic rings. The number of nitrogens with zero attached hydrogens (tertiary/aromatic N) is 1. The fourth-order valence-electron chi connectivity index (χ4n) is 2.59. The average Bonchev–Trinajstić information content (AvgIpc) is 2.91. The third-order valence-corrected chi connectivity index (χ3v) is 5.08. The molecule has 1 heterocycles. The van der Waals surface area contributed by atoms with Crippen molar-refractivity contribution in [1.29, 1.82) is 0 Å². The molecule has 1 aromatic heterocycles. The minimum Gasteiger partial charge on any atom is -0.294 e. The molecule has 0 saturated carbocycles. The molecular formula is C18H17Cl2NS. The molecule has 3 aromatic rings. The number of rotatable bonds is 6. The standard InChI is InChI=1S/C18H17Cl2NS/c19-8-9-21(11-14-4-2-1-3-5-14)12-15-13-22-18-7-6-16(20)10-17(15)18/h1-7,10,13H,8-9,11-12H2. The number of benzene rings is 2. The van der Waals surface area contributed by atoms with E-state index in [1.807, 2.05) is 12.1 Å². The van der Waals surface area contributed by atoms with Gasteiger partial charge in [-0.3, -0.25) is 4.90 Å². The Morgan fingerprint density at radius 1 is 1.00 bits per heavy atom. The Hall–Kier alpha value is -1.06. The molecule has 4 heteroatoms. The zero-order valence-corrected chi connectivity index (χ0v) is 14.5. The van der Waals surface area contributed by atoms with Crippen LogP contribution in [0.4, 0.5) is 0 Å². The molecule has 3 rings (SSSR count). The number of thiophene rings is 1. The maximum Gasteiger partial charge on any atom is 0.0413 e. The van der Waals surface area contributed by atoms with E-state index < -0.39 is 0 Å². The lowest BCUT2D eigenvalue weighted by Gasteiger charge is -2.21. The quantitative estimate of drug-likeness (QED) is 0.508. The Kier molecular flexibility index (Phi) is 5.37. The topological polar surface area (TPSA) is 3.24 Å². The van der Waals surface area contributed by atoms with Crippen LogP contribution in [0.25, 0.3) is 10.1 Å². The second kappa shape index (κ2) is 7.47. The van der Waals surface area contributed by atoms with Crippen LogP contribution < -0.4 is 0 Å². The van der Waals surface area contributed by atoms with Crippen molar-refractivity contribution in [2.45, 2.75) is 13.1 Å². The van der Waals surface area contributed by atoms with Crippen molar-refractivity contribution in [2.24, 2.45) is 0 Å². The third-order valence-electron chi connectivity index (χ3n) is 3.66. The second-order valence-corrected chi connectivity index (χ2v) is 7.01. The van der Waals surface area contributed by atoms with E-state index in [0.29, 0.717) is 5.88 Å². The third kappa shape index (κ3) is 3.82. The molecule has 0 atom stereocenters. The van der Waals surface area contributed by atoms with Gasteiger partial charge in [0.05, 0.1) is 0 Å². The van der Waals surface area contributed by atoms with Crippen LogP contribution in [0.1, 0.15) is 11.1 Å². The highest BCUT2D eigenvalue weighted by Crippen LogP contribution is 2.29. The molecule has 0 unspecified atom stereocenters. The van der Waals surface area contributed by atoms with Gasteiger partial charge in [0.1, 0.15) is 0 Å². The molecule has 0 spiro atoms. The van der Waals surface area contributed by atoms with Gasteiger partial charge in [-0.15, -0.1) is 22.9 Å².